The molecule has 0 aromatic heterocycles. The van der Waals surface area contributed by atoms with Crippen molar-refractivity contribution in [2.24, 2.45) is 5.92 Å². The van der Waals surface area contributed by atoms with Gasteiger partial charge in [-0.1, -0.05) is 24.9 Å². The van der Waals surface area contributed by atoms with Crippen LogP contribution in [0.5, 0.6) is 5.75 Å². The van der Waals surface area contributed by atoms with E-state index in [0.717, 1.165) is 12.8 Å². The lowest BCUT2D eigenvalue weighted by atomic mass is 9.85. The Labute approximate surface area is 107 Å². The fourth-order valence-corrected chi connectivity index (χ4v) is 2.64. The van der Waals surface area contributed by atoms with Gasteiger partial charge in [-0.05, 0) is 43.7 Å². The lowest BCUT2D eigenvalue weighted by Gasteiger charge is -2.31. The number of hydrogen-bond donors (Lipinski definition) is 0. The van der Waals surface area contributed by atoms with Crippen molar-refractivity contribution in [1.29, 1.82) is 0 Å². The summed E-state index contributed by atoms with van der Waals surface area (Å²) in [5.74, 6) is 0.785. The molecule has 1 fully saturated rings. The van der Waals surface area contributed by atoms with E-state index >= 15 is 0 Å². The summed E-state index contributed by atoms with van der Waals surface area (Å²) in [6.07, 6.45) is 6.14. The maximum absolute atomic E-state index is 13.3. The number of hydrogen-bond acceptors (Lipinski definition) is 1. The smallest absolute Gasteiger partial charge is 0.145 e. The number of ether oxygens (including phenoxy) is 1. The van der Waals surface area contributed by atoms with E-state index in [4.69, 9.17) is 16.3 Å². The Kier molecular flexibility index (Phi) is 4.27. The van der Waals surface area contributed by atoms with Crippen LogP contribution in [0.25, 0.3) is 0 Å². The van der Waals surface area contributed by atoms with E-state index in [9.17, 15) is 4.39 Å². The van der Waals surface area contributed by atoms with Gasteiger partial charge in [0, 0.05) is 6.07 Å². The predicted molar refractivity (Wildman–Crippen MR) is 68.1 cm³/mol. The van der Waals surface area contributed by atoms with Gasteiger partial charge in [-0.25, -0.2) is 4.39 Å². The maximum Gasteiger partial charge on any atom is 0.145 e. The first-order chi connectivity index (χ1) is 8.20. The molecule has 1 nitrogen and oxygen atoms in total. The van der Waals surface area contributed by atoms with Crippen LogP contribution in [0.3, 0.4) is 0 Å². The molecule has 1 aliphatic rings. The summed E-state index contributed by atoms with van der Waals surface area (Å²) >= 11 is 5.65. The summed E-state index contributed by atoms with van der Waals surface area (Å²) in [5.41, 5.74) is 0. The molecule has 0 heterocycles. The second-order valence-corrected chi connectivity index (χ2v) is 5.09. The summed E-state index contributed by atoms with van der Waals surface area (Å²) in [6, 6.07) is 4.67. The Morgan fingerprint density at radius 1 is 1.35 bits per heavy atom. The fourth-order valence-electron chi connectivity index (χ4n) is 2.52. The van der Waals surface area contributed by atoms with Crippen LogP contribution < -0.4 is 4.74 Å². The second-order valence-electron chi connectivity index (χ2n) is 4.69. The molecule has 0 bridgehead atoms. The third kappa shape index (κ3) is 3.12. The molecule has 1 aliphatic carbocycles. The standard InChI is InChI=1S/C14H18ClFO/c1-2-10-5-3-4-6-14(10)17-11-7-8-12(15)13(16)9-11/h7-10,14H,2-6H2,1H3. The van der Waals surface area contributed by atoms with Crippen molar-refractivity contribution in [1.82, 2.24) is 0 Å². The largest absolute Gasteiger partial charge is 0.490 e. The Bertz CT molecular complexity index is 380. The molecule has 0 spiro atoms. The minimum Gasteiger partial charge on any atom is -0.490 e. The third-order valence-corrected chi connectivity index (χ3v) is 3.85. The Morgan fingerprint density at radius 3 is 2.82 bits per heavy atom. The van der Waals surface area contributed by atoms with Gasteiger partial charge in [-0.3, -0.25) is 0 Å². The lowest BCUT2D eigenvalue weighted by molar-refractivity contribution is 0.0901. The highest BCUT2D eigenvalue weighted by Gasteiger charge is 2.25. The lowest BCUT2D eigenvalue weighted by Crippen LogP contribution is -2.29. The molecule has 0 radical (unpaired) electrons. The number of halogens is 2. The quantitative estimate of drug-likeness (QED) is 0.753. The maximum atomic E-state index is 13.3. The molecule has 0 aliphatic heterocycles. The molecule has 2 rings (SSSR count). The molecule has 1 aromatic carbocycles. The highest BCUT2D eigenvalue weighted by atomic mass is 35.5. The normalized spacial score (nSPS) is 24.6. The molecule has 3 heteroatoms. The first-order valence-electron chi connectivity index (χ1n) is 6.32. The van der Waals surface area contributed by atoms with Crippen LogP contribution in [-0.4, -0.2) is 6.10 Å². The average Bonchev–Trinajstić information content (AvgIpc) is 2.34. The van der Waals surface area contributed by atoms with Crippen molar-refractivity contribution in [3.8, 4) is 5.75 Å². The highest BCUT2D eigenvalue weighted by Crippen LogP contribution is 2.31. The van der Waals surface area contributed by atoms with E-state index in [2.05, 4.69) is 6.92 Å². The van der Waals surface area contributed by atoms with Crippen LogP contribution in [0.15, 0.2) is 18.2 Å². The molecule has 2 atom stereocenters. The molecule has 0 saturated heterocycles. The van der Waals surface area contributed by atoms with Gasteiger partial charge in [0.05, 0.1) is 5.02 Å². The molecular weight excluding hydrogens is 239 g/mol. The van der Waals surface area contributed by atoms with Crippen molar-refractivity contribution >= 4 is 11.6 Å². The van der Waals surface area contributed by atoms with E-state index in [1.807, 2.05) is 0 Å². The van der Waals surface area contributed by atoms with E-state index in [-0.39, 0.29) is 11.1 Å². The highest BCUT2D eigenvalue weighted by molar-refractivity contribution is 6.30. The van der Waals surface area contributed by atoms with Crippen molar-refractivity contribution in [2.45, 2.75) is 45.1 Å². The zero-order chi connectivity index (χ0) is 12.3. The van der Waals surface area contributed by atoms with E-state index < -0.39 is 5.82 Å². The van der Waals surface area contributed by atoms with Gasteiger partial charge in [0.2, 0.25) is 0 Å². The Morgan fingerprint density at radius 2 is 2.12 bits per heavy atom. The Balaban J connectivity index is 2.05. The number of benzene rings is 1. The third-order valence-electron chi connectivity index (χ3n) is 3.54. The van der Waals surface area contributed by atoms with Gasteiger partial charge in [-0.2, -0.15) is 0 Å². The van der Waals surface area contributed by atoms with Crippen LogP contribution in [-0.2, 0) is 0 Å². The molecule has 0 amide bonds. The van der Waals surface area contributed by atoms with Crippen molar-refractivity contribution in [3.05, 3.63) is 29.0 Å². The zero-order valence-corrected chi connectivity index (χ0v) is 10.8. The van der Waals surface area contributed by atoms with Gasteiger partial charge < -0.3 is 4.74 Å². The van der Waals surface area contributed by atoms with Crippen LogP contribution in [0.1, 0.15) is 39.0 Å². The fraction of sp³-hybridized carbons (Fsp3) is 0.571. The van der Waals surface area contributed by atoms with E-state index in [1.54, 1.807) is 12.1 Å². The van der Waals surface area contributed by atoms with Gasteiger partial charge >= 0.3 is 0 Å². The Hall–Kier alpha value is -0.760. The summed E-state index contributed by atoms with van der Waals surface area (Å²) in [4.78, 5) is 0. The van der Waals surface area contributed by atoms with Crippen LogP contribution in [0.2, 0.25) is 5.02 Å². The molecule has 1 saturated carbocycles. The topological polar surface area (TPSA) is 9.23 Å². The molecule has 94 valence electrons. The average molecular weight is 257 g/mol. The summed E-state index contributed by atoms with van der Waals surface area (Å²) in [7, 11) is 0. The van der Waals surface area contributed by atoms with Crippen molar-refractivity contribution < 1.29 is 9.13 Å². The first kappa shape index (κ1) is 12.7. The minimum absolute atomic E-state index is 0.146. The molecule has 0 N–H and O–H groups in total. The zero-order valence-electron chi connectivity index (χ0n) is 10.1. The van der Waals surface area contributed by atoms with Gasteiger partial charge in [0.15, 0.2) is 0 Å². The van der Waals surface area contributed by atoms with Crippen molar-refractivity contribution in [3.63, 3.8) is 0 Å². The summed E-state index contributed by atoms with van der Waals surface area (Å²) < 4.78 is 19.2. The summed E-state index contributed by atoms with van der Waals surface area (Å²) in [6.45, 7) is 2.19. The molecular formula is C14H18ClFO. The molecule has 17 heavy (non-hydrogen) atoms. The first-order valence-corrected chi connectivity index (χ1v) is 6.70. The van der Waals surface area contributed by atoms with E-state index in [0.29, 0.717) is 11.7 Å². The predicted octanol–water partition coefficient (Wildman–Crippen LogP) is 4.83. The van der Waals surface area contributed by atoms with Gasteiger partial charge in [0.1, 0.15) is 17.7 Å². The van der Waals surface area contributed by atoms with Crippen LogP contribution >= 0.6 is 11.6 Å². The monoisotopic (exact) mass is 256 g/mol. The summed E-state index contributed by atoms with van der Waals surface area (Å²) in [5, 5.41) is 0.146. The van der Waals surface area contributed by atoms with Gasteiger partial charge in [0.25, 0.3) is 0 Å². The number of rotatable bonds is 3. The van der Waals surface area contributed by atoms with E-state index in [1.165, 1.54) is 25.3 Å². The van der Waals surface area contributed by atoms with Crippen LogP contribution in [0, 0.1) is 11.7 Å². The van der Waals surface area contributed by atoms with Gasteiger partial charge in [-0.15, -0.1) is 0 Å². The second kappa shape index (κ2) is 5.72. The van der Waals surface area contributed by atoms with Crippen molar-refractivity contribution in [2.75, 3.05) is 0 Å². The molecule has 1 aromatic rings. The van der Waals surface area contributed by atoms with Crippen LogP contribution in [0.4, 0.5) is 4.39 Å². The molecule has 2 unspecified atom stereocenters. The SMILES string of the molecule is CCC1CCCCC1Oc1ccc(Cl)c(F)c1. The minimum atomic E-state index is -0.409.